The van der Waals surface area contributed by atoms with E-state index in [0.29, 0.717) is 5.56 Å². The predicted molar refractivity (Wildman–Crippen MR) is 85.0 cm³/mol. The summed E-state index contributed by atoms with van der Waals surface area (Å²) < 4.78 is 27.3. The first-order chi connectivity index (χ1) is 10.5. The minimum Gasteiger partial charge on any atom is -0.258 e. The summed E-state index contributed by atoms with van der Waals surface area (Å²) in [5, 5.41) is 10.6. The maximum atomic E-state index is 12.2. The van der Waals surface area contributed by atoms with Crippen LogP contribution in [0.25, 0.3) is 0 Å². The van der Waals surface area contributed by atoms with E-state index in [1.54, 1.807) is 0 Å². The van der Waals surface area contributed by atoms with E-state index < -0.39 is 14.9 Å². The fourth-order valence-corrected chi connectivity index (χ4v) is 4.26. The monoisotopic (exact) mass is 326 g/mol. The lowest BCUT2D eigenvalue weighted by Crippen LogP contribution is -2.36. The second-order valence-electron chi connectivity index (χ2n) is 5.84. The Hall–Kier alpha value is -1.47. The van der Waals surface area contributed by atoms with Gasteiger partial charge in [0.15, 0.2) is 0 Å². The zero-order chi connectivity index (χ0) is 16.0. The fourth-order valence-electron chi connectivity index (χ4n) is 2.80. The molecular formula is C15H22N2O4S. The van der Waals surface area contributed by atoms with Crippen molar-refractivity contribution < 1.29 is 13.3 Å². The molecule has 0 radical (unpaired) electrons. The number of nitro benzene ring substituents is 1. The van der Waals surface area contributed by atoms with Gasteiger partial charge in [-0.05, 0) is 18.4 Å². The standard InChI is InChI=1S/C15H22N2O4S/c18-17(19)15-10-8-13(9-11-15)12-22(20,21)16-14-6-4-2-1-3-5-7-14/h8-11,14,16H,1-7,12H2. The summed E-state index contributed by atoms with van der Waals surface area (Å²) in [5.74, 6) is -0.137. The Kier molecular flexibility index (Phi) is 5.90. The molecular weight excluding hydrogens is 304 g/mol. The normalized spacial score (nSPS) is 17.6. The highest BCUT2D eigenvalue weighted by Crippen LogP contribution is 2.19. The molecule has 1 N–H and O–H groups in total. The maximum absolute atomic E-state index is 12.2. The Balaban J connectivity index is 1.96. The quantitative estimate of drug-likeness (QED) is 0.665. The summed E-state index contributed by atoms with van der Waals surface area (Å²) in [7, 11) is -3.42. The van der Waals surface area contributed by atoms with E-state index >= 15 is 0 Å². The third kappa shape index (κ3) is 5.38. The third-order valence-corrected chi connectivity index (χ3v) is 5.36. The van der Waals surface area contributed by atoms with Crippen molar-refractivity contribution in [1.29, 1.82) is 0 Å². The van der Waals surface area contributed by atoms with Gasteiger partial charge in [-0.3, -0.25) is 10.1 Å². The second kappa shape index (κ2) is 7.69. The van der Waals surface area contributed by atoms with Crippen molar-refractivity contribution in [3.8, 4) is 0 Å². The number of nitrogens with one attached hydrogen (secondary N) is 1. The zero-order valence-electron chi connectivity index (χ0n) is 12.5. The molecule has 0 aliphatic heterocycles. The fraction of sp³-hybridized carbons (Fsp3) is 0.600. The van der Waals surface area contributed by atoms with Gasteiger partial charge in [0.05, 0.1) is 10.7 Å². The molecule has 7 heteroatoms. The average molecular weight is 326 g/mol. The third-order valence-electron chi connectivity index (χ3n) is 3.96. The number of nitro groups is 1. The van der Waals surface area contributed by atoms with E-state index in [0.717, 1.165) is 25.7 Å². The Morgan fingerprint density at radius 1 is 1.05 bits per heavy atom. The molecule has 1 aliphatic rings. The van der Waals surface area contributed by atoms with E-state index in [9.17, 15) is 18.5 Å². The van der Waals surface area contributed by atoms with Crippen LogP contribution in [0.5, 0.6) is 0 Å². The van der Waals surface area contributed by atoms with Gasteiger partial charge in [0.1, 0.15) is 0 Å². The van der Waals surface area contributed by atoms with Crippen molar-refractivity contribution in [2.24, 2.45) is 0 Å². The van der Waals surface area contributed by atoms with Gasteiger partial charge in [0.25, 0.3) is 5.69 Å². The first kappa shape index (κ1) is 16.9. The molecule has 1 saturated carbocycles. The average Bonchev–Trinajstić information content (AvgIpc) is 2.41. The van der Waals surface area contributed by atoms with Crippen LogP contribution in [-0.2, 0) is 15.8 Å². The molecule has 0 heterocycles. The van der Waals surface area contributed by atoms with E-state index in [4.69, 9.17) is 0 Å². The highest BCUT2D eigenvalue weighted by atomic mass is 32.2. The Morgan fingerprint density at radius 2 is 1.59 bits per heavy atom. The summed E-state index contributed by atoms with van der Waals surface area (Å²) in [6.07, 6.45) is 7.47. The van der Waals surface area contributed by atoms with Gasteiger partial charge in [-0.25, -0.2) is 13.1 Å². The Morgan fingerprint density at radius 3 is 2.14 bits per heavy atom. The number of nitrogens with zero attached hydrogens (tertiary/aromatic N) is 1. The van der Waals surface area contributed by atoms with Crippen molar-refractivity contribution in [3.63, 3.8) is 0 Å². The molecule has 6 nitrogen and oxygen atoms in total. The SMILES string of the molecule is O=[N+]([O-])c1ccc(CS(=O)(=O)NC2CCCCCCC2)cc1. The molecule has 0 bridgehead atoms. The maximum Gasteiger partial charge on any atom is 0.269 e. The number of hydrogen-bond donors (Lipinski definition) is 1. The number of benzene rings is 1. The lowest BCUT2D eigenvalue weighted by molar-refractivity contribution is -0.384. The van der Waals surface area contributed by atoms with Crippen LogP contribution in [0.15, 0.2) is 24.3 Å². The molecule has 0 unspecified atom stereocenters. The van der Waals surface area contributed by atoms with Crippen LogP contribution < -0.4 is 4.72 Å². The lowest BCUT2D eigenvalue weighted by Gasteiger charge is -2.20. The number of rotatable bonds is 5. The van der Waals surface area contributed by atoms with Gasteiger partial charge in [0.2, 0.25) is 10.0 Å². The van der Waals surface area contributed by atoms with Crippen molar-refractivity contribution in [2.45, 2.75) is 56.7 Å². The Bertz CT molecular complexity index is 590. The molecule has 0 aromatic heterocycles. The van der Waals surface area contributed by atoms with Crippen molar-refractivity contribution >= 4 is 15.7 Å². The van der Waals surface area contributed by atoms with Gasteiger partial charge in [-0.1, -0.05) is 44.2 Å². The molecule has 0 spiro atoms. The van der Waals surface area contributed by atoms with Gasteiger partial charge in [-0.2, -0.15) is 0 Å². The molecule has 122 valence electrons. The van der Waals surface area contributed by atoms with Crippen LogP contribution in [0.4, 0.5) is 5.69 Å². The van der Waals surface area contributed by atoms with Gasteiger partial charge in [0, 0.05) is 18.2 Å². The van der Waals surface area contributed by atoms with Crippen LogP contribution >= 0.6 is 0 Å². The van der Waals surface area contributed by atoms with Gasteiger partial charge >= 0.3 is 0 Å². The van der Waals surface area contributed by atoms with Crippen LogP contribution in [-0.4, -0.2) is 19.4 Å². The highest BCUT2D eigenvalue weighted by molar-refractivity contribution is 7.88. The predicted octanol–water partition coefficient (Wildman–Crippen LogP) is 3.13. The van der Waals surface area contributed by atoms with Crippen LogP contribution in [0.1, 0.15) is 50.5 Å². The summed E-state index contributed by atoms with van der Waals surface area (Å²) >= 11 is 0. The first-order valence-electron chi connectivity index (χ1n) is 7.69. The van der Waals surface area contributed by atoms with Crippen LogP contribution in [0, 0.1) is 10.1 Å². The number of hydrogen-bond acceptors (Lipinski definition) is 4. The molecule has 0 atom stereocenters. The van der Waals surface area contributed by atoms with E-state index in [1.165, 1.54) is 43.5 Å². The van der Waals surface area contributed by atoms with Crippen LogP contribution in [0.3, 0.4) is 0 Å². The summed E-state index contributed by atoms with van der Waals surface area (Å²) in [4.78, 5) is 10.1. The van der Waals surface area contributed by atoms with Gasteiger partial charge < -0.3 is 0 Å². The molecule has 0 amide bonds. The smallest absolute Gasteiger partial charge is 0.258 e. The summed E-state index contributed by atoms with van der Waals surface area (Å²) in [6.45, 7) is 0. The van der Waals surface area contributed by atoms with Crippen molar-refractivity contribution in [1.82, 2.24) is 4.72 Å². The van der Waals surface area contributed by atoms with E-state index in [2.05, 4.69) is 4.72 Å². The van der Waals surface area contributed by atoms with Crippen molar-refractivity contribution in [2.75, 3.05) is 0 Å². The molecule has 0 saturated heterocycles. The van der Waals surface area contributed by atoms with Crippen molar-refractivity contribution in [3.05, 3.63) is 39.9 Å². The largest absolute Gasteiger partial charge is 0.269 e. The highest BCUT2D eigenvalue weighted by Gasteiger charge is 2.19. The van der Waals surface area contributed by atoms with E-state index in [-0.39, 0.29) is 17.5 Å². The summed E-state index contributed by atoms with van der Waals surface area (Å²) in [5.41, 5.74) is 0.526. The van der Waals surface area contributed by atoms with E-state index in [1.807, 2.05) is 0 Å². The zero-order valence-corrected chi connectivity index (χ0v) is 13.3. The lowest BCUT2D eigenvalue weighted by atomic mass is 9.97. The molecule has 22 heavy (non-hydrogen) atoms. The second-order valence-corrected chi connectivity index (χ2v) is 7.60. The minimum atomic E-state index is -3.42. The molecule has 1 aromatic rings. The first-order valence-corrected chi connectivity index (χ1v) is 9.35. The molecule has 1 aromatic carbocycles. The number of non-ortho nitro benzene ring substituents is 1. The minimum absolute atomic E-state index is 0.0170. The summed E-state index contributed by atoms with van der Waals surface area (Å²) in [6, 6.07) is 5.68. The molecule has 1 fully saturated rings. The molecule has 2 rings (SSSR count). The topological polar surface area (TPSA) is 89.3 Å². The Labute approximate surface area is 131 Å². The van der Waals surface area contributed by atoms with Gasteiger partial charge in [-0.15, -0.1) is 0 Å². The number of sulfonamides is 1. The molecule has 1 aliphatic carbocycles. The van der Waals surface area contributed by atoms with Crippen LogP contribution in [0.2, 0.25) is 0 Å².